The molecule has 35 heavy (non-hydrogen) atoms. The zero-order valence-electron chi connectivity index (χ0n) is 19.6. The maximum atomic E-state index is 13.0. The number of piperidine rings is 1. The first-order valence-corrected chi connectivity index (χ1v) is 11.5. The van der Waals surface area contributed by atoms with E-state index in [1.54, 1.807) is 60.6 Å². The molecule has 0 aromatic heterocycles. The van der Waals surface area contributed by atoms with Crippen molar-refractivity contribution in [3.8, 4) is 17.2 Å². The molecule has 1 fully saturated rings. The van der Waals surface area contributed by atoms with E-state index in [0.717, 1.165) is 0 Å². The van der Waals surface area contributed by atoms with Crippen molar-refractivity contribution in [2.24, 2.45) is 5.92 Å². The summed E-state index contributed by atoms with van der Waals surface area (Å²) in [6.07, 6.45) is 2.73. The zero-order valence-corrected chi connectivity index (χ0v) is 19.6. The molecule has 3 amide bonds. The molecule has 0 aliphatic carbocycles. The van der Waals surface area contributed by atoms with Gasteiger partial charge in [0.05, 0.1) is 7.11 Å². The van der Waals surface area contributed by atoms with Crippen LogP contribution in [-0.4, -0.2) is 62.2 Å². The third-order valence-corrected chi connectivity index (χ3v) is 6.24. The summed E-state index contributed by atoms with van der Waals surface area (Å²) in [6.45, 7) is 5.00. The fourth-order valence-corrected chi connectivity index (χ4v) is 4.32. The van der Waals surface area contributed by atoms with Gasteiger partial charge in [-0.2, -0.15) is 0 Å². The van der Waals surface area contributed by atoms with Crippen molar-refractivity contribution < 1.29 is 28.6 Å². The minimum Gasteiger partial charge on any atom is -0.497 e. The van der Waals surface area contributed by atoms with Crippen LogP contribution in [0.1, 0.15) is 33.6 Å². The SMILES string of the molecule is C=CCNC(=O)C(NC(=O)c1ccc2c(c1)OCO2)C1CCN(C(=O)c2cccc(OC)c2)CC1. The predicted octanol–water partition coefficient (Wildman–Crippen LogP) is 2.38. The zero-order chi connectivity index (χ0) is 24.8. The largest absolute Gasteiger partial charge is 0.497 e. The molecule has 1 saturated heterocycles. The second kappa shape index (κ2) is 10.9. The highest BCUT2D eigenvalue weighted by molar-refractivity contribution is 5.98. The van der Waals surface area contributed by atoms with Crippen molar-refractivity contribution in [3.63, 3.8) is 0 Å². The van der Waals surface area contributed by atoms with E-state index in [-0.39, 0.29) is 30.4 Å². The number of ether oxygens (including phenoxy) is 3. The van der Waals surface area contributed by atoms with Crippen LogP contribution in [0.25, 0.3) is 0 Å². The summed E-state index contributed by atoms with van der Waals surface area (Å²) in [6, 6.07) is 11.2. The summed E-state index contributed by atoms with van der Waals surface area (Å²) >= 11 is 0. The number of carbonyl (C=O) groups excluding carboxylic acids is 3. The molecule has 184 valence electrons. The van der Waals surface area contributed by atoms with Crippen LogP contribution in [0, 0.1) is 5.92 Å². The van der Waals surface area contributed by atoms with Crippen LogP contribution in [0.2, 0.25) is 0 Å². The summed E-state index contributed by atoms with van der Waals surface area (Å²) in [7, 11) is 1.56. The molecule has 2 aromatic carbocycles. The van der Waals surface area contributed by atoms with Crippen LogP contribution in [0.3, 0.4) is 0 Å². The second-order valence-electron chi connectivity index (χ2n) is 8.41. The summed E-state index contributed by atoms with van der Waals surface area (Å²) in [5.74, 6) is 0.820. The average molecular weight is 480 g/mol. The highest BCUT2D eigenvalue weighted by atomic mass is 16.7. The minimum atomic E-state index is -0.748. The number of rotatable bonds is 8. The van der Waals surface area contributed by atoms with Gasteiger partial charge < -0.3 is 29.7 Å². The van der Waals surface area contributed by atoms with Gasteiger partial charge >= 0.3 is 0 Å². The Hall–Kier alpha value is -4.01. The smallest absolute Gasteiger partial charge is 0.253 e. The molecule has 2 aliphatic heterocycles. The van der Waals surface area contributed by atoms with Gasteiger partial charge in [-0.25, -0.2) is 0 Å². The molecule has 2 aromatic rings. The van der Waals surface area contributed by atoms with Gasteiger partial charge in [-0.05, 0) is 55.2 Å². The number of amides is 3. The topological polar surface area (TPSA) is 106 Å². The van der Waals surface area contributed by atoms with Gasteiger partial charge in [0.15, 0.2) is 11.5 Å². The number of carbonyl (C=O) groups is 3. The van der Waals surface area contributed by atoms with Gasteiger partial charge in [0, 0.05) is 30.8 Å². The molecule has 2 N–H and O–H groups in total. The molecule has 4 rings (SSSR count). The van der Waals surface area contributed by atoms with Gasteiger partial charge in [0.2, 0.25) is 12.7 Å². The maximum absolute atomic E-state index is 13.0. The molecule has 9 heteroatoms. The highest BCUT2D eigenvalue weighted by Crippen LogP contribution is 2.32. The van der Waals surface area contributed by atoms with Gasteiger partial charge in [-0.15, -0.1) is 6.58 Å². The van der Waals surface area contributed by atoms with Crippen LogP contribution in [0.5, 0.6) is 17.2 Å². The number of likely N-dealkylation sites (tertiary alicyclic amines) is 1. The van der Waals surface area contributed by atoms with Crippen LogP contribution in [0.4, 0.5) is 0 Å². The Morgan fingerprint density at radius 2 is 1.89 bits per heavy atom. The number of fused-ring (bicyclic) bond motifs is 1. The highest BCUT2D eigenvalue weighted by Gasteiger charge is 2.34. The van der Waals surface area contributed by atoms with Crippen molar-refractivity contribution in [3.05, 3.63) is 66.2 Å². The van der Waals surface area contributed by atoms with Crippen LogP contribution < -0.4 is 24.8 Å². The van der Waals surface area contributed by atoms with E-state index < -0.39 is 6.04 Å². The standard InChI is InChI=1S/C26H29N3O6/c1-3-11-27-25(31)23(28-24(30)18-7-8-21-22(15-18)35-16-34-21)17-9-12-29(13-10-17)26(32)19-5-4-6-20(14-19)33-2/h3-8,14-15,17,23H,1,9-13,16H2,2H3,(H,27,31)(H,28,30). The first kappa shape index (κ1) is 24.1. The Bertz CT molecular complexity index is 1110. The number of benzene rings is 2. The molecule has 2 heterocycles. The molecule has 0 spiro atoms. The van der Waals surface area contributed by atoms with Gasteiger partial charge in [-0.1, -0.05) is 12.1 Å². The van der Waals surface area contributed by atoms with Gasteiger partial charge in [0.1, 0.15) is 11.8 Å². The van der Waals surface area contributed by atoms with Crippen molar-refractivity contribution in [1.82, 2.24) is 15.5 Å². The Kier molecular flexibility index (Phi) is 7.54. The lowest BCUT2D eigenvalue weighted by Gasteiger charge is -2.36. The third kappa shape index (κ3) is 5.56. The van der Waals surface area contributed by atoms with Crippen molar-refractivity contribution >= 4 is 17.7 Å². The van der Waals surface area contributed by atoms with Crippen molar-refractivity contribution in [1.29, 1.82) is 0 Å². The van der Waals surface area contributed by atoms with E-state index in [4.69, 9.17) is 14.2 Å². The second-order valence-corrected chi connectivity index (χ2v) is 8.41. The summed E-state index contributed by atoms with van der Waals surface area (Å²) in [4.78, 5) is 40.7. The number of hydrogen-bond donors (Lipinski definition) is 2. The molecule has 1 unspecified atom stereocenters. The van der Waals surface area contributed by atoms with E-state index >= 15 is 0 Å². The number of hydrogen-bond acceptors (Lipinski definition) is 6. The summed E-state index contributed by atoms with van der Waals surface area (Å²) < 4.78 is 15.9. The summed E-state index contributed by atoms with van der Waals surface area (Å²) in [5, 5.41) is 5.68. The molecule has 2 aliphatic rings. The van der Waals surface area contributed by atoms with Crippen molar-refractivity contribution in [2.45, 2.75) is 18.9 Å². The minimum absolute atomic E-state index is 0.0839. The molecular formula is C26H29N3O6. The average Bonchev–Trinajstić information content (AvgIpc) is 3.38. The molecular weight excluding hydrogens is 450 g/mol. The molecule has 0 bridgehead atoms. The van der Waals surface area contributed by atoms with Crippen LogP contribution in [-0.2, 0) is 4.79 Å². The van der Waals surface area contributed by atoms with E-state index in [1.807, 2.05) is 0 Å². The molecule has 0 radical (unpaired) electrons. The number of nitrogens with zero attached hydrogens (tertiary/aromatic N) is 1. The Morgan fingerprint density at radius 1 is 1.11 bits per heavy atom. The lowest BCUT2D eigenvalue weighted by atomic mass is 9.88. The molecule has 1 atom stereocenters. The van der Waals surface area contributed by atoms with Gasteiger partial charge in [-0.3, -0.25) is 14.4 Å². The lowest BCUT2D eigenvalue weighted by Crippen LogP contribution is -2.53. The molecule has 9 nitrogen and oxygen atoms in total. The first-order valence-electron chi connectivity index (χ1n) is 11.5. The summed E-state index contributed by atoms with van der Waals surface area (Å²) in [5.41, 5.74) is 0.931. The van der Waals surface area contributed by atoms with Crippen LogP contribution in [0.15, 0.2) is 55.1 Å². The van der Waals surface area contributed by atoms with E-state index in [2.05, 4.69) is 17.2 Å². The number of methoxy groups -OCH3 is 1. The fraction of sp³-hybridized carbons (Fsp3) is 0.346. The molecule has 0 saturated carbocycles. The van der Waals surface area contributed by atoms with E-state index in [0.29, 0.717) is 60.9 Å². The third-order valence-electron chi connectivity index (χ3n) is 6.24. The normalized spacial score (nSPS) is 15.7. The van der Waals surface area contributed by atoms with Crippen molar-refractivity contribution in [2.75, 3.05) is 33.5 Å². The number of nitrogens with one attached hydrogen (secondary N) is 2. The monoisotopic (exact) mass is 479 g/mol. The maximum Gasteiger partial charge on any atom is 0.253 e. The Morgan fingerprint density at radius 3 is 2.63 bits per heavy atom. The van der Waals surface area contributed by atoms with E-state index in [9.17, 15) is 14.4 Å². The van der Waals surface area contributed by atoms with Gasteiger partial charge in [0.25, 0.3) is 11.8 Å². The lowest BCUT2D eigenvalue weighted by molar-refractivity contribution is -0.124. The Labute approximate surface area is 204 Å². The van der Waals surface area contributed by atoms with Crippen LogP contribution >= 0.6 is 0 Å². The fourth-order valence-electron chi connectivity index (χ4n) is 4.32. The van der Waals surface area contributed by atoms with E-state index in [1.165, 1.54) is 0 Å². The Balaban J connectivity index is 1.43. The quantitative estimate of drug-likeness (QED) is 0.563. The first-order chi connectivity index (χ1) is 17.0. The predicted molar refractivity (Wildman–Crippen MR) is 129 cm³/mol.